The number of likely N-dealkylation sites (N-methyl/N-ethyl adjacent to an activating group) is 2. The SMILES string of the molecule is CCCC(=O)OCN(C(=O)C(N=[N+]=[N-])C(C)CC)[C@H](C[C@@H](C)c1nc(C(=O)OC)cs1)C(C)C.CCCC(=O)OCN(C(=O)C(NC(=O)C1CCCCN1C)C(C)CC)[C@H](C[C@@H](C)c1nc(C(=O)OC)cs1)C(C)C.CN1CCCCC1C(=O)O. The summed E-state index contributed by atoms with van der Waals surface area (Å²) in [5.41, 5.74) is 9.57. The van der Waals surface area contributed by atoms with Crippen molar-refractivity contribution < 1.29 is 62.4 Å². The van der Waals surface area contributed by atoms with Crippen LogP contribution in [0.1, 0.15) is 216 Å². The van der Waals surface area contributed by atoms with E-state index >= 15 is 0 Å². The first-order chi connectivity index (χ1) is 40.3. The lowest BCUT2D eigenvalue weighted by molar-refractivity contribution is -0.160. The van der Waals surface area contributed by atoms with Crippen LogP contribution in [0.25, 0.3) is 10.4 Å². The van der Waals surface area contributed by atoms with Gasteiger partial charge in [-0.3, -0.25) is 38.6 Å². The van der Waals surface area contributed by atoms with Crippen LogP contribution >= 0.6 is 22.7 Å². The van der Waals surface area contributed by atoms with Crippen molar-refractivity contribution in [1.82, 2.24) is 34.9 Å². The van der Waals surface area contributed by atoms with Gasteiger partial charge in [-0.2, -0.15) is 0 Å². The van der Waals surface area contributed by atoms with E-state index < -0.39 is 30.0 Å². The van der Waals surface area contributed by atoms with Crippen LogP contribution in [0.2, 0.25) is 0 Å². The molecule has 2 aliphatic heterocycles. The number of carboxylic acid groups (broad SMARTS) is 1. The zero-order valence-corrected chi connectivity index (χ0v) is 55.1. The summed E-state index contributed by atoms with van der Waals surface area (Å²) >= 11 is 2.73. The standard InChI is InChI=1S/C30H50N4O6S.C23H37N5O5S.C7H13NO2/c1-9-13-25(35)40-18-34(24(19(3)4)16-21(6)28-31-22(17-41-28)30(38)39-8)29(37)26(20(5)10-2)32-27(36)23-14-11-12-15-33(23)7;1-8-10-19(29)33-13-28(22(30)20(26-27-24)15(5)9-2)18(14(3)4)11-16(6)21-25-17(12-34-21)23(31)32-7;1-8-5-3-2-4-6(8)7(9)10/h17,19-21,23-24,26H,9-16,18H2,1-8H3,(H,32,36);12,14-16,18,20H,8-11,13H2,1-7H3;6H,2-5H2,1H3,(H,9,10)/t20?,21-,23?,24-,26?;15?,16-,18-,20?;/m11./s1. The Morgan fingerprint density at radius 3 is 1.46 bits per heavy atom. The maximum atomic E-state index is 14.3. The van der Waals surface area contributed by atoms with E-state index in [0.29, 0.717) is 38.5 Å². The van der Waals surface area contributed by atoms with Gasteiger partial charge in [0.05, 0.1) is 30.3 Å². The van der Waals surface area contributed by atoms with E-state index in [0.717, 1.165) is 61.6 Å². The average molecular weight is 1230 g/mol. The molecule has 2 N–H and O–H groups in total. The highest BCUT2D eigenvalue weighted by atomic mass is 32.1. The van der Waals surface area contributed by atoms with Crippen LogP contribution in [0, 0.1) is 23.7 Å². The number of esters is 4. The molecule has 2 aromatic rings. The van der Waals surface area contributed by atoms with Gasteiger partial charge in [-0.25, -0.2) is 19.6 Å². The molecular formula is C60H100N10O13S2. The Morgan fingerprint density at radius 2 is 1.11 bits per heavy atom. The van der Waals surface area contributed by atoms with Gasteiger partial charge in [-0.15, -0.1) is 22.7 Å². The Balaban J connectivity index is 0.000000503. The Labute approximate surface area is 512 Å². The van der Waals surface area contributed by atoms with E-state index in [4.69, 9.17) is 29.6 Å². The third-order valence-corrected chi connectivity index (χ3v) is 18.1. The molecule has 0 spiro atoms. The zero-order chi connectivity index (χ0) is 64.1. The first kappa shape index (κ1) is 75.3. The van der Waals surface area contributed by atoms with Crippen molar-refractivity contribution in [3.63, 3.8) is 0 Å². The predicted octanol–water partition coefficient (Wildman–Crippen LogP) is 10.5. The number of methoxy groups -OCH3 is 2. The molecule has 0 aromatic carbocycles. The van der Waals surface area contributed by atoms with Crippen LogP contribution in [-0.4, -0.2) is 173 Å². The molecule has 85 heavy (non-hydrogen) atoms. The van der Waals surface area contributed by atoms with Gasteiger partial charge in [0, 0.05) is 52.4 Å². The zero-order valence-electron chi connectivity index (χ0n) is 53.5. The number of carbonyl (C=O) groups excluding carboxylic acids is 7. The van der Waals surface area contributed by atoms with E-state index in [1.165, 1.54) is 41.8 Å². The van der Waals surface area contributed by atoms with Crippen molar-refractivity contribution in [3.8, 4) is 0 Å². The van der Waals surface area contributed by atoms with Crippen molar-refractivity contribution >= 4 is 70.2 Å². The number of aromatic nitrogens is 2. The molecular weight excluding hydrogens is 1130 g/mol. The highest BCUT2D eigenvalue weighted by molar-refractivity contribution is 7.10. The van der Waals surface area contributed by atoms with E-state index in [2.05, 4.69) is 30.2 Å². The molecule has 2 aromatic heterocycles. The van der Waals surface area contributed by atoms with Crippen LogP contribution in [-0.2, 0) is 47.7 Å². The number of ether oxygens (including phenoxy) is 4. The number of amides is 3. The molecule has 480 valence electrons. The highest BCUT2D eigenvalue weighted by Crippen LogP contribution is 2.33. The molecule has 0 bridgehead atoms. The van der Waals surface area contributed by atoms with Crippen LogP contribution in [0.5, 0.6) is 0 Å². The Kier molecular flexibility index (Phi) is 34.7. The van der Waals surface area contributed by atoms with E-state index in [9.17, 15) is 38.4 Å². The summed E-state index contributed by atoms with van der Waals surface area (Å²) < 4.78 is 20.6. The first-order valence-electron chi connectivity index (χ1n) is 30.2. The molecule has 10 atom stereocenters. The lowest BCUT2D eigenvalue weighted by Gasteiger charge is -2.39. The summed E-state index contributed by atoms with van der Waals surface area (Å²) in [6, 6.07) is -2.78. The highest BCUT2D eigenvalue weighted by Gasteiger charge is 2.39. The number of nitrogens with zero attached hydrogens (tertiary/aromatic N) is 9. The minimum Gasteiger partial charge on any atom is -0.480 e. The molecule has 0 aliphatic carbocycles. The third kappa shape index (κ3) is 24.2. The maximum Gasteiger partial charge on any atom is 0.357 e. The van der Waals surface area contributed by atoms with Gasteiger partial charge in [0.25, 0.3) is 0 Å². The number of thiazole rings is 2. The van der Waals surface area contributed by atoms with Crippen molar-refractivity contribution in [2.24, 2.45) is 28.8 Å². The number of hydrogen-bond acceptors (Lipinski definition) is 19. The Morgan fingerprint density at radius 1 is 0.682 bits per heavy atom. The third-order valence-electron chi connectivity index (χ3n) is 15.9. The van der Waals surface area contributed by atoms with Gasteiger partial charge < -0.3 is 39.2 Å². The smallest absolute Gasteiger partial charge is 0.357 e. The number of rotatable bonds is 30. The lowest BCUT2D eigenvalue weighted by atomic mass is 9.90. The van der Waals surface area contributed by atoms with Gasteiger partial charge >= 0.3 is 29.8 Å². The van der Waals surface area contributed by atoms with Crippen molar-refractivity contribution in [3.05, 3.63) is 42.6 Å². The Bertz CT molecular complexity index is 2470. The number of nitrogens with one attached hydrogen (secondary N) is 1. The average Bonchev–Trinajstić information content (AvgIpc) is 4.35. The van der Waals surface area contributed by atoms with Crippen LogP contribution in [0.4, 0.5) is 0 Å². The molecule has 0 saturated carbocycles. The second-order valence-corrected chi connectivity index (χ2v) is 24.9. The van der Waals surface area contributed by atoms with Crippen LogP contribution in [0.3, 0.4) is 0 Å². The summed E-state index contributed by atoms with van der Waals surface area (Å²) in [4.78, 5) is 119. The fourth-order valence-electron chi connectivity index (χ4n) is 10.1. The molecule has 4 rings (SSSR count). The first-order valence-corrected chi connectivity index (χ1v) is 32.0. The van der Waals surface area contributed by atoms with E-state index in [1.54, 1.807) is 15.7 Å². The van der Waals surface area contributed by atoms with Crippen molar-refractivity contribution in [1.29, 1.82) is 0 Å². The fraction of sp³-hybridized carbons (Fsp3) is 0.767. The van der Waals surface area contributed by atoms with Gasteiger partial charge in [0.15, 0.2) is 24.8 Å². The van der Waals surface area contributed by atoms with Crippen molar-refractivity contribution in [2.45, 2.75) is 221 Å². The lowest BCUT2D eigenvalue weighted by Crippen LogP contribution is -2.59. The molecule has 0 radical (unpaired) electrons. The number of piperidine rings is 2. The van der Waals surface area contributed by atoms with Crippen LogP contribution in [0.15, 0.2) is 15.9 Å². The van der Waals surface area contributed by atoms with Gasteiger partial charge in [-0.1, -0.05) is 114 Å². The van der Waals surface area contributed by atoms with Gasteiger partial charge in [0.2, 0.25) is 17.7 Å². The molecule has 2 saturated heterocycles. The molecule has 3 amide bonds. The molecule has 23 nitrogen and oxygen atoms in total. The fourth-order valence-corrected chi connectivity index (χ4v) is 11.8. The monoisotopic (exact) mass is 1230 g/mol. The summed E-state index contributed by atoms with van der Waals surface area (Å²) in [5.74, 6) is -3.61. The number of hydrogen-bond donors (Lipinski definition) is 2. The number of carbonyl (C=O) groups is 8. The van der Waals surface area contributed by atoms with Crippen molar-refractivity contribution in [2.75, 3.05) is 54.9 Å². The van der Waals surface area contributed by atoms with Gasteiger partial charge in [-0.05, 0) is 108 Å². The number of azide groups is 1. The molecule has 6 unspecified atom stereocenters. The summed E-state index contributed by atoms with van der Waals surface area (Å²) in [5, 5.41) is 20.4. The maximum absolute atomic E-state index is 14.3. The molecule has 2 fully saturated rings. The molecule has 4 heterocycles. The number of likely N-dealkylation sites (tertiary alicyclic amines) is 2. The number of carboxylic acids is 1. The second kappa shape index (κ2) is 39.1. The Hall–Kier alpha value is -5.75. The van der Waals surface area contributed by atoms with Crippen LogP contribution < -0.4 is 5.32 Å². The van der Waals surface area contributed by atoms with E-state index in [-0.39, 0.29) is 127 Å². The summed E-state index contributed by atoms with van der Waals surface area (Å²) in [6.07, 6.45) is 10.00. The number of aliphatic carboxylic acids is 1. The minimum atomic E-state index is -0.901. The van der Waals surface area contributed by atoms with Gasteiger partial charge in [0.1, 0.15) is 18.1 Å². The minimum absolute atomic E-state index is 0.0139. The summed E-state index contributed by atoms with van der Waals surface area (Å²) in [6.45, 7) is 24.9. The second-order valence-electron chi connectivity index (χ2n) is 23.2. The van der Waals surface area contributed by atoms with E-state index in [1.807, 2.05) is 102 Å². The quantitative estimate of drug-likeness (QED) is 0.0183. The topological polar surface area (TPSA) is 293 Å². The summed E-state index contributed by atoms with van der Waals surface area (Å²) in [7, 11) is 6.45. The normalized spacial score (nSPS) is 18.1. The molecule has 25 heteroatoms. The predicted molar refractivity (Wildman–Crippen MR) is 328 cm³/mol. The largest absolute Gasteiger partial charge is 0.480 e. The molecule has 2 aliphatic rings.